The van der Waals surface area contributed by atoms with Gasteiger partial charge in [-0.25, -0.2) is 4.98 Å². The van der Waals surface area contributed by atoms with Crippen LogP contribution in [0.4, 0.5) is 0 Å². The highest BCUT2D eigenvalue weighted by atomic mass is 32.2. The van der Waals surface area contributed by atoms with E-state index in [0.29, 0.717) is 17.1 Å². The number of fused-ring (bicyclic) bond motifs is 1. The van der Waals surface area contributed by atoms with Crippen LogP contribution in [0.1, 0.15) is 43.2 Å². The number of β-amino-alcohol motifs (C(OH)–C–C–N with tert-alkyl or cyclic N) is 1. The van der Waals surface area contributed by atoms with Crippen molar-refractivity contribution in [1.82, 2.24) is 25.8 Å². The number of benzene rings is 2. The molecule has 1 aliphatic rings. The van der Waals surface area contributed by atoms with E-state index in [1.165, 1.54) is 0 Å². The Labute approximate surface area is 261 Å². The molecule has 1 aromatic heterocycles. The number of nitrogens with zero attached hydrogens (tertiary/aromatic N) is 2. The highest BCUT2D eigenvalue weighted by molar-refractivity contribution is 7.99. The lowest BCUT2D eigenvalue weighted by molar-refractivity contribution is -0.129. The fraction of sp³-hybridized carbons (Fsp3) is 0.406. The van der Waals surface area contributed by atoms with Gasteiger partial charge in [0.05, 0.1) is 30.1 Å². The molecule has 4 rings (SSSR count). The first-order valence-corrected chi connectivity index (χ1v) is 15.7. The molecule has 0 radical (unpaired) electrons. The summed E-state index contributed by atoms with van der Waals surface area (Å²) in [5, 5.41) is 20.7. The van der Waals surface area contributed by atoms with E-state index in [0.717, 1.165) is 10.9 Å². The van der Waals surface area contributed by atoms with Crippen molar-refractivity contribution in [3.05, 3.63) is 78.0 Å². The molecule has 4 amide bonds. The predicted molar refractivity (Wildman–Crippen MR) is 171 cm³/mol. The number of hydrogen-bond acceptors (Lipinski definition) is 8. The SMILES string of the molecule is CC(C)(C)NC(=O)[C@@H]1CSCN1C[C@@H](O)[C@H](Cc1ccccc1)NC(=O)[C@H](CC(N)=O)NC(=O)c1ccc2ccccc2n1. The molecule has 12 heteroatoms. The number of nitrogens with two attached hydrogens (primary N) is 1. The van der Waals surface area contributed by atoms with Gasteiger partial charge >= 0.3 is 0 Å². The second kappa shape index (κ2) is 14.7. The number of rotatable bonds is 12. The number of pyridine rings is 1. The standard InChI is InChI=1S/C32H40N6O5S/c1-32(2,3)37-31(43)26-18-44-19-38(26)17-27(39)24(15-20-9-5-4-6-10-20)35-30(42)25(16-28(33)40)36-29(41)23-14-13-21-11-7-8-12-22(21)34-23/h4-14,24-27,39H,15-19H2,1-3H3,(H2,33,40)(H,35,42)(H,36,41)(H,37,43)/t24-,25-,26-,27+/m0/s1. The number of hydrogen-bond donors (Lipinski definition) is 5. The van der Waals surface area contributed by atoms with E-state index in [1.54, 1.807) is 36.0 Å². The van der Waals surface area contributed by atoms with Crippen molar-refractivity contribution >= 4 is 46.3 Å². The summed E-state index contributed by atoms with van der Waals surface area (Å²) in [4.78, 5) is 57.9. The summed E-state index contributed by atoms with van der Waals surface area (Å²) in [6.45, 7) is 5.86. The van der Waals surface area contributed by atoms with Gasteiger partial charge in [-0.15, -0.1) is 11.8 Å². The molecule has 4 atom stereocenters. The van der Waals surface area contributed by atoms with Gasteiger partial charge in [-0.05, 0) is 44.9 Å². The molecule has 234 valence electrons. The van der Waals surface area contributed by atoms with Crippen molar-refractivity contribution in [2.24, 2.45) is 5.73 Å². The van der Waals surface area contributed by atoms with Crippen LogP contribution in [0.5, 0.6) is 0 Å². The summed E-state index contributed by atoms with van der Waals surface area (Å²) < 4.78 is 0. The van der Waals surface area contributed by atoms with Crippen LogP contribution in [-0.2, 0) is 20.8 Å². The molecule has 0 bridgehead atoms. The first kappa shape index (κ1) is 32.9. The Kier molecular flexibility index (Phi) is 11.0. The molecular formula is C32H40N6O5S. The summed E-state index contributed by atoms with van der Waals surface area (Å²) in [6.07, 6.45) is -1.25. The molecule has 2 aromatic carbocycles. The minimum absolute atomic E-state index is 0.0814. The summed E-state index contributed by atoms with van der Waals surface area (Å²) in [6, 6.07) is 17.4. The van der Waals surface area contributed by atoms with Crippen LogP contribution in [0.3, 0.4) is 0 Å². The van der Waals surface area contributed by atoms with Gasteiger partial charge < -0.3 is 26.8 Å². The lowest BCUT2D eigenvalue weighted by Gasteiger charge is -2.32. The summed E-state index contributed by atoms with van der Waals surface area (Å²) in [5.41, 5.74) is 6.60. The molecular weight excluding hydrogens is 580 g/mol. The Morgan fingerprint density at radius 1 is 1.02 bits per heavy atom. The lowest BCUT2D eigenvalue weighted by Crippen LogP contribution is -2.57. The van der Waals surface area contributed by atoms with Gasteiger partial charge in [0, 0.05) is 29.1 Å². The average molecular weight is 621 g/mol. The van der Waals surface area contributed by atoms with Gasteiger partial charge in [-0.2, -0.15) is 0 Å². The minimum atomic E-state index is -1.30. The highest BCUT2D eigenvalue weighted by Gasteiger charge is 2.36. The van der Waals surface area contributed by atoms with Crippen LogP contribution in [0.2, 0.25) is 0 Å². The second-order valence-corrected chi connectivity index (χ2v) is 13.0. The van der Waals surface area contributed by atoms with Crippen LogP contribution < -0.4 is 21.7 Å². The normalized spacial score (nSPS) is 17.4. The van der Waals surface area contributed by atoms with Gasteiger partial charge in [-0.1, -0.05) is 54.6 Å². The molecule has 3 aromatic rings. The van der Waals surface area contributed by atoms with Gasteiger partial charge in [0.15, 0.2) is 0 Å². The maximum absolute atomic E-state index is 13.6. The lowest BCUT2D eigenvalue weighted by atomic mass is 9.99. The van der Waals surface area contributed by atoms with Crippen molar-refractivity contribution < 1.29 is 24.3 Å². The molecule has 11 nitrogen and oxygen atoms in total. The zero-order valence-corrected chi connectivity index (χ0v) is 26.0. The Balaban J connectivity index is 1.50. The molecule has 0 spiro atoms. The van der Waals surface area contributed by atoms with E-state index < -0.39 is 53.9 Å². The van der Waals surface area contributed by atoms with E-state index in [9.17, 15) is 24.3 Å². The number of carbonyl (C=O) groups excluding carboxylic acids is 4. The number of nitrogens with one attached hydrogen (secondary N) is 3. The van der Waals surface area contributed by atoms with Gasteiger partial charge in [-0.3, -0.25) is 24.1 Å². The summed E-state index contributed by atoms with van der Waals surface area (Å²) >= 11 is 1.60. The van der Waals surface area contributed by atoms with Crippen LogP contribution in [0.15, 0.2) is 66.7 Å². The Bertz CT molecular complexity index is 1480. The predicted octanol–water partition coefficient (Wildman–Crippen LogP) is 1.59. The van der Waals surface area contributed by atoms with Crippen molar-refractivity contribution in [2.75, 3.05) is 18.2 Å². The third-order valence-electron chi connectivity index (χ3n) is 7.14. The molecule has 1 aliphatic heterocycles. The Hall–Kier alpha value is -4.00. The minimum Gasteiger partial charge on any atom is -0.390 e. The van der Waals surface area contributed by atoms with E-state index in [2.05, 4.69) is 20.9 Å². The van der Waals surface area contributed by atoms with E-state index in [4.69, 9.17) is 5.73 Å². The smallest absolute Gasteiger partial charge is 0.270 e. The van der Waals surface area contributed by atoms with Crippen molar-refractivity contribution in [3.8, 4) is 0 Å². The van der Waals surface area contributed by atoms with Crippen molar-refractivity contribution in [3.63, 3.8) is 0 Å². The molecule has 1 fully saturated rings. The summed E-state index contributed by atoms with van der Waals surface area (Å²) in [5.74, 6) is -1.08. The largest absolute Gasteiger partial charge is 0.390 e. The maximum Gasteiger partial charge on any atom is 0.270 e. The first-order chi connectivity index (χ1) is 20.9. The highest BCUT2D eigenvalue weighted by Crippen LogP contribution is 2.23. The number of para-hydroxylation sites is 1. The number of primary amides is 1. The number of amides is 4. The topological polar surface area (TPSA) is 167 Å². The van der Waals surface area contributed by atoms with Gasteiger partial charge in [0.25, 0.3) is 5.91 Å². The molecule has 0 unspecified atom stereocenters. The van der Waals surface area contributed by atoms with Gasteiger partial charge in [0.2, 0.25) is 17.7 Å². The average Bonchev–Trinajstić information content (AvgIpc) is 3.44. The van der Waals surface area contributed by atoms with E-state index >= 15 is 0 Å². The fourth-order valence-electron chi connectivity index (χ4n) is 4.99. The number of aromatic nitrogens is 1. The first-order valence-electron chi connectivity index (χ1n) is 14.5. The number of aliphatic hydroxyl groups excluding tert-OH is 1. The second-order valence-electron chi connectivity index (χ2n) is 12.0. The molecule has 0 aliphatic carbocycles. The number of thioether (sulfide) groups is 1. The zero-order chi connectivity index (χ0) is 31.9. The Morgan fingerprint density at radius 3 is 2.43 bits per heavy atom. The van der Waals surface area contributed by atoms with E-state index in [-0.39, 0.29) is 24.6 Å². The molecule has 0 saturated carbocycles. The monoisotopic (exact) mass is 620 g/mol. The Morgan fingerprint density at radius 2 is 1.73 bits per heavy atom. The van der Waals surface area contributed by atoms with Crippen LogP contribution in [0.25, 0.3) is 10.9 Å². The molecule has 2 heterocycles. The van der Waals surface area contributed by atoms with Crippen molar-refractivity contribution in [1.29, 1.82) is 0 Å². The molecule has 6 N–H and O–H groups in total. The van der Waals surface area contributed by atoms with E-state index in [1.807, 2.05) is 68.1 Å². The quantitative estimate of drug-likeness (QED) is 0.204. The third kappa shape index (κ3) is 9.25. The number of carbonyl (C=O) groups is 4. The van der Waals surface area contributed by atoms with Crippen LogP contribution >= 0.6 is 11.8 Å². The maximum atomic E-state index is 13.6. The van der Waals surface area contributed by atoms with Crippen LogP contribution in [-0.4, -0.2) is 86.6 Å². The number of aliphatic hydroxyl groups is 1. The molecule has 44 heavy (non-hydrogen) atoms. The summed E-state index contributed by atoms with van der Waals surface area (Å²) in [7, 11) is 0. The zero-order valence-electron chi connectivity index (χ0n) is 25.2. The molecule has 1 saturated heterocycles. The van der Waals surface area contributed by atoms with Gasteiger partial charge in [0.1, 0.15) is 11.7 Å². The fourth-order valence-corrected chi connectivity index (χ4v) is 6.20. The third-order valence-corrected chi connectivity index (χ3v) is 8.21. The van der Waals surface area contributed by atoms with Crippen molar-refractivity contribution in [2.45, 2.75) is 63.4 Å². The van der Waals surface area contributed by atoms with Crippen LogP contribution in [0, 0.1) is 0 Å².